The van der Waals surface area contributed by atoms with Crippen LogP contribution >= 0.6 is 0 Å². The third kappa shape index (κ3) is 1.85. The van der Waals surface area contributed by atoms with E-state index in [1.54, 1.807) is 18.2 Å². The monoisotopic (exact) mass is 265 g/mol. The van der Waals surface area contributed by atoms with Crippen LogP contribution in [-0.2, 0) is 15.1 Å². The summed E-state index contributed by atoms with van der Waals surface area (Å²) in [5.74, 6) is -0.501. The lowest BCUT2D eigenvalue weighted by Crippen LogP contribution is -2.31. The molecule has 0 bridgehead atoms. The summed E-state index contributed by atoms with van der Waals surface area (Å²) in [6.45, 7) is 1.52. The van der Waals surface area contributed by atoms with E-state index in [-0.39, 0.29) is 5.88 Å². The van der Waals surface area contributed by atoms with Crippen molar-refractivity contribution in [2.45, 2.75) is 12.5 Å². The fourth-order valence-electron chi connectivity index (χ4n) is 2.02. The average Bonchev–Trinajstić information content (AvgIpc) is 2.62. The number of hydrogen-bond donors (Lipinski definition) is 2. The number of Topliss-reactive ketones (excluding diaryl/α,β-unsaturated/α-hetero) is 1. The number of carbonyl (C=O) groups is 1. The van der Waals surface area contributed by atoms with Gasteiger partial charge in [0.25, 0.3) is 5.78 Å². The Morgan fingerprint density at radius 2 is 2.00 bits per heavy atom. The molecule has 102 valence electrons. The van der Waals surface area contributed by atoms with Crippen molar-refractivity contribution in [3.63, 3.8) is 0 Å². The molecule has 1 aromatic rings. The van der Waals surface area contributed by atoms with E-state index in [4.69, 9.17) is 19.9 Å². The molecule has 19 heavy (non-hydrogen) atoms. The molecule has 0 fully saturated rings. The van der Waals surface area contributed by atoms with E-state index in [0.29, 0.717) is 17.1 Å². The van der Waals surface area contributed by atoms with Crippen molar-refractivity contribution in [3.8, 4) is 11.5 Å². The minimum Gasteiger partial charge on any atom is -0.501 e. The number of hydrogen-bond acceptors (Lipinski definition) is 6. The minimum absolute atomic E-state index is 0.294. The molecule has 1 aliphatic heterocycles. The van der Waals surface area contributed by atoms with Gasteiger partial charge in [-0.05, 0) is 25.1 Å². The molecule has 0 aromatic heterocycles. The van der Waals surface area contributed by atoms with Crippen molar-refractivity contribution in [2.24, 2.45) is 5.73 Å². The molecule has 1 atom stereocenters. The molecule has 2 rings (SSSR count). The number of methoxy groups -OCH3 is 2. The van der Waals surface area contributed by atoms with Crippen LogP contribution in [-0.4, -0.2) is 25.1 Å². The van der Waals surface area contributed by atoms with Gasteiger partial charge >= 0.3 is 0 Å². The lowest BCUT2D eigenvalue weighted by atomic mass is 9.90. The van der Waals surface area contributed by atoms with Crippen LogP contribution in [0.3, 0.4) is 0 Å². The standard InChI is InChI=1S/C13H15NO5/c1-13(11(16)10(15)12(14)19-13)8-6-7(17-2)4-5-9(8)18-3/h4-6,15H,14H2,1-3H3. The van der Waals surface area contributed by atoms with Gasteiger partial charge in [0.1, 0.15) is 11.5 Å². The van der Waals surface area contributed by atoms with E-state index in [2.05, 4.69) is 0 Å². The summed E-state index contributed by atoms with van der Waals surface area (Å²) in [7, 11) is 2.99. The molecule has 0 saturated heterocycles. The van der Waals surface area contributed by atoms with E-state index in [1.807, 2.05) is 0 Å². The van der Waals surface area contributed by atoms with E-state index >= 15 is 0 Å². The van der Waals surface area contributed by atoms with Crippen LogP contribution in [0.1, 0.15) is 12.5 Å². The van der Waals surface area contributed by atoms with Crippen LogP contribution in [0.15, 0.2) is 29.8 Å². The van der Waals surface area contributed by atoms with Crippen LogP contribution in [0, 0.1) is 0 Å². The van der Waals surface area contributed by atoms with Gasteiger partial charge in [-0.15, -0.1) is 0 Å². The number of carbonyl (C=O) groups excluding carboxylic acids is 1. The van der Waals surface area contributed by atoms with Crippen molar-refractivity contribution in [1.82, 2.24) is 0 Å². The highest BCUT2D eigenvalue weighted by Gasteiger charge is 2.48. The lowest BCUT2D eigenvalue weighted by Gasteiger charge is -2.25. The minimum atomic E-state index is -1.42. The van der Waals surface area contributed by atoms with Gasteiger partial charge in [-0.3, -0.25) is 4.79 Å². The van der Waals surface area contributed by atoms with Gasteiger partial charge in [0, 0.05) is 5.56 Å². The first kappa shape index (κ1) is 13.1. The zero-order chi connectivity index (χ0) is 14.2. The third-order valence-corrected chi connectivity index (χ3v) is 3.12. The fourth-order valence-corrected chi connectivity index (χ4v) is 2.02. The molecule has 0 amide bonds. The number of ketones is 1. The maximum Gasteiger partial charge on any atom is 0.250 e. The zero-order valence-corrected chi connectivity index (χ0v) is 10.9. The molecule has 1 aromatic carbocycles. The zero-order valence-electron chi connectivity index (χ0n) is 10.9. The number of aliphatic hydroxyl groups excluding tert-OH is 1. The molecular weight excluding hydrogens is 250 g/mol. The predicted octanol–water partition coefficient (Wildman–Crippen LogP) is 1.20. The topological polar surface area (TPSA) is 91.0 Å². The van der Waals surface area contributed by atoms with E-state index in [1.165, 1.54) is 21.1 Å². The first-order valence-electron chi connectivity index (χ1n) is 5.59. The summed E-state index contributed by atoms with van der Waals surface area (Å²) in [4.78, 5) is 12.1. The second-order valence-electron chi connectivity index (χ2n) is 4.24. The van der Waals surface area contributed by atoms with Crippen molar-refractivity contribution >= 4 is 5.78 Å². The molecule has 1 unspecified atom stereocenters. The molecule has 0 radical (unpaired) electrons. The normalized spacial score (nSPS) is 22.4. The van der Waals surface area contributed by atoms with E-state index in [0.717, 1.165) is 0 Å². The molecule has 1 heterocycles. The maximum absolute atomic E-state index is 12.1. The molecule has 0 spiro atoms. The Balaban J connectivity index is 2.56. The van der Waals surface area contributed by atoms with Crippen LogP contribution in [0.4, 0.5) is 0 Å². The molecule has 0 saturated carbocycles. The van der Waals surface area contributed by atoms with Gasteiger partial charge in [-0.2, -0.15) is 0 Å². The third-order valence-electron chi connectivity index (χ3n) is 3.12. The maximum atomic E-state index is 12.1. The van der Waals surface area contributed by atoms with Crippen LogP contribution in [0.25, 0.3) is 0 Å². The Labute approximate surface area is 110 Å². The summed E-state index contributed by atoms with van der Waals surface area (Å²) >= 11 is 0. The Morgan fingerprint density at radius 3 is 2.47 bits per heavy atom. The number of rotatable bonds is 3. The molecular formula is C13H15NO5. The molecule has 6 heteroatoms. The average molecular weight is 265 g/mol. The second kappa shape index (κ2) is 4.38. The highest BCUT2D eigenvalue weighted by atomic mass is 16.5. The van der Waals surface area contributed by atoms with Gasteiger partial charge in [0.2, 0.25) is 17.2 Å². The molecule has 6 nitrogen and oxygen atoms in total. The van der Waals surface area contributed by atoms with Gasteiger partial charge in [0.15, 0.2) is 0 Å². The van der Waals surface area contributed by atoms with Crippen LogP contribution in [0.5, 0.6) is 11.5 Å². The van der Waals surface area contributed by atoms with E-state index in [9.17, 15) is 9.90 Å². The summed E-state index contributed by atoms with van der Waals surface area (Å²) in [5, 5.41) is 9.56. The first-order chi connectivity index (χ1) is 8.93. The smallest absolute Gasteiger partial charge is 0.250 e. The second-order valence-corrected chi connectivity index (χ2v) is 4.24. The SMILES string of the molecule is COc1ccc(OC)c(C2(C)OC(N)=C(O)C2=O)c1. The molecule has 3 N–H and O–H groups in total. The summed E-state index contributed by atoms with van der Waals surface area (Å²) in [5.41, 5.74) is 4.47. The highest BCUT2D eigenvalue weighted by molar-refractivity contribution is 6.03. The summed E-state index contributed by atoms with van der Waals surface area (Å²) in [6.07, 6.45) is 0. The largest absolute Gasteiger partial charge is 0.501 e. The molecule has 1 aliphatic rings. The Hall–Kier alpha value is -2.37. The van der Waals surface area contributed by atoms with Crippen LogP contribution < -0.4 is 15.2 Å². The Kier molecular flexibility index (Phi) is 3.01. The quantitative estimate of drug-likeness (QED) is 0.853. The number of ether oxygens (including phenoxy) is 3. The lowest BCUT2D eigenvalue weighted by molar-refractivity contribution is -0.131. The highest BCUT2D eigenvalue weighted by Crippen LogP contribution is 2.41. The Bertz CT molecular complexity index is 566. The van der Waals surface area contributed by atoms with E-state index < -0.39 is 17.1 Å². The molecule has 0 aliphatic carbocycles. The van der Waals surface area contributed by atoms with Crippen LogP contribution in [0.2, 0.25) is 0 Å². The Morgan fingerprint density at radius 1 is 1.32 bits per heavy atom. The predicted molar refractivity (Wildman–Crippen MR) is 66.8 cm³/mol. The first-order valence-corrected chi connectivity index (χ1v) is 5.59. The van der Waals surface area contributed by atoms with Gasteiger partial charge in [0.05, 0.1) is 14.2 Å². The van der Waals surface area contributed by atoms with Crippen molar-refractivity contribution in [2.75, 3.05) is 14.2 Å². The summed E-state index contributed by atoms with van der Waals surface area (Å²) in [6, 6.07) is 4.96. The van der Waals surface area contributed by atoms with Gasteiger partial charge in [-0.25, -0.2) is 0 Å². The number of aliphatic hydroxyl groups is 1. The summed E-state index contributed by atoms with van der Waals surface area (Å²) < 4.78 is 15.7. The number of benzene rings is 1. The van der Waals surface area contributed by atoms with Gasteiger partial charge in [-0.1, -0.05) is 0 Å². The fraction of sp³-hybridized carbons (Fsp3) is 0.308. The van der Waals surface area contributed by atoms with Gasteiger partial charge < -0.3 is 25.1 Å². The van der Waals surface area contributed by atoms with Crippen molar-refractivity contribution < 1.29 is 24.1 Å². The van der Waals surface area contributed by atoms with Crippen molar-refractivity contribution in [3.05, 3.63) is 35.4 Å². The number of nitrogens with two attached hydrogens (primary N) is 1. The van der Waals surface area contributed by atoms with Crippen molar-refractivity contribution in [1.29, 1.82) is 0 Å².